The first-order chi connectivity index (χ1) is 18.1. The zero-order valence-electron chi connectivity index (χ0n) is 21.1. The van der Waals surface area contributed by atoms with Crippen molar-refractivity contribution in [3.63, 3.8) is 0 Å². The predicted octanol–water partition coefficient (Wildman–Crippen LogP) is 3.85. The molecule has 2 aromatic carbocycles. The standard InChI is InChI=1S/C29H28FN3O5/c1-28(36,10-9-22(35)19-12-18-4-3-11-32-25(18)23(13-19)37-2)24-14-21-27(38-16-29(21,31)15-34)26(33-24)17-5-7-20(30)8-6-17/h3-8,11-14,34,36H,9-10,15-16,31H2,1-2H3. The molecule has 0 fully saturated rings. The molecular weight excluding hydrogens is 489 g/mol. The number of hydrogen-bond donors (Lipinski definition) is 3. The van der Waals surface area contributed by atoms with E-state index < -0.39 is 17.0 Å². The molecule has 2 aromatic heterocycles. The molecule has 8 nitrogen and oxygen atoms in total. The van der Waals surface area contributed by atoms with Crippen molar-refractivity contribution in [2.45, 2.75) is 30.9 Å². The van der Waals surface area contributed by atoms with Gasteiger partial charge < -0.3 is 25.4 Å². The van der Waals surface area contributed by atoms with Gasteiger partial charge in [-0.05, 0) is 61.9 Å². The number of fused-ring (bicyclic) bond motifs is 2. The number of Topliss-reactive ketones (excluding diaryl/α,β-unsaturated/α-hetero) is 1. The Morgan fingerprint density at radius 3 is 2.71 bits per heavy atom. The Labute approximate surface area is 218 Å². The van der Waals surface area contributed by atoms with E-state index in [1.54, 1.807) is 49.5 Å². The first-order valence-corrected chi connectivity index (χ1v) is 12.2. The molecule has 4 aromatic rings. The van der Waals surface area contributed by atoms with Gasteiger partial charge in [-0.2, -0.15) is 0 Å². The lowest BCUT2D eigenvalue weighted by molar-refractivity contribution is 0.0396. The topological polar surface area (TPSA) is 128 Å². The Balaban J connectivity index is 1.47. The van der Waals surface area contributed by atoms with Crippen LogP contribution in [-0.4, -0.2) is 46.3 Å². The van der Waals surface area contributed by atoms with Gasteiger partial charge in [-0.15, -0.1) is 0 Å². The molecule has 0 aliphatic carbocycles. The highest BCUT2D eigenvalue weighted by molar-refractivity contribution is 6.01. The lowest BCUT2D eigenvalue weighted by atomic mass is 9.87. The predicted molar refractivity (Wildman–Crippen MR) is 140 cm³/mol. The number of methoxy groups -OCH3 is 1. The van der Waals surface area contributed by atoms with Gasteiger partial charge in [0.2, 0.25) is 0 Å². The maximum atomic E-state index is 13.6. The Hall–Kier alpha value is -3.92. The van der Waals surface area contributed by atoms with Gasteiger partial charge >= 0.3 is 0 Å². The van der Waals surface area contributed by atoms with Crippen molar-refractivity contribution in [1.82, 2.24) is 9.97 Å². The van der Waals surface area contributed by atoms with Crippen LogP contribution in [0.2, 0.25) is 0 Å². The lowest BCUT2D eigenvalue weighted by Crippen LogP contribution is -2.42. The maximum absolute atomic E-state index is 13.6. The first kappa shape index (κ1) is 25.7. The molecule has 38 heavy (non-hydrogen) atoms. The fraction of sp³-hybridized carbons (Fsp3) is 0.276. The van der Waals surface area contributed by atoms with E-state index in [1.807, 2.05) is 6.07 Å². The minimum absolute atomic E-state index is 0.0246. The van der Waals surface area contributed by atoms with Gasteiger partial charge in [0.25, 0.3) is 0 Å². The molecule has 0 saturated heterocycles. The SMILES string of the molecule is COc1cc(C(=O)CCC(C)(O)c2cc3c(c(-c4ccc(F)cc4)n2)OCC3(N)CO)cc2cccnc12. The van der Waals surface area contributed by atoms with E-state index in [4.69, 9.17) is 15.2 Å². The zero-order chi connectivity index (χ0) is 27.1. The molecule has 1 aliphatic rings. The second-order valence-corrected chi connectivity index (χ2v) is 9.79. The number of nitrogens with two attached hydrogens (primary N) is 1. The molecule has 9 heteroatoms. The third kappa shape index (κ3) is 4.60. The summed E-state index contributed by atoms with van der Waals surface area (Å²) in [6, 6.07) is 14.4. The highest BCUT2D eigenvalue weighted by Gasteiger charge is 2.41. The number of nitrogens with zero attached hydrogens (tertiary/aromatic N) is 2. The number of ketones is 1. The van der Waals surface area contributed by atoms with Crippen LogP contribution in [0.25, 0.3) is 22.2 Å². The normalized spacial score (nSPS) is 18.1. The summed E-state index contributed by atoms with van der Waals surface area (Å²) in [5.74, 6) is 0.282. The summed E-state index contributed by atoms with van der Waals surface area (Å²) < 4.78 is 24.8. The number of hydrogen-bond acceptors (Lipinski definition) is 8. The summed E-state index contributed by atoms with van der Waals surface area (Å²) in [4.78, 5) is 22.2. The molecule has 0 spiro atoms. The van der Waals surface area contributed by atoms with Crippen molar-refractivity contribution in [3.8, 4) is 22.8 Å². The summed E-state index contributed by atoms with van der Waals surface area (Å²) in [6.07, 6.45) is 1.74. The van der Waals surface area contributed by atoms with Crippen molar-refractivity contribution in [2.75, 3.05) is 20.3 Å². The second kappa shape index (κ2) is 9.75. The van der Waals surface area contributed by atoms with Crippen LogP contribution < -0.4 is 15.2 Å². The molecule has 1 aliphatic heterocycles. The Bertz CT molecular complexity index is 1520. The van der Waals surface area contributed by atoms with Crippen LogP contribution in [0.3, 0.4) is 0 Å². The Morgan fingerprint density at radius 1 is 1.24 bits per heavy atom. The molecule has 4 N–H and O–H groups in total. The van der Waals surface area contributed by atoms with Crippen molar-refractivity contribution < 1.29 is 28.9 Å². The monoisotopic (exact) mass is 517 g/mol. The van der Waals surface area contributed by atoms with Gasteiger partial charge in [0.05, 0.1) is 19.4 Å². The third-order valence-electron chi connectivity index (χ3n) is 6.99. The Morgan fingerprint density at radius 2 is 2.00 bits per heavy atom. The molecular formula is C29H28FN3O5. The minimum Gasteiger partial charge on any atom is -0.494 e. The van der Waals surface area contributed by atoms with Gasteiger partial charge in [0, 0.05) is 34.7 Å². The van der Waals surface area contributed by atoms with Crippen molar-refractivity contribution in [2.24, 2.45) is 5.73 Å². The summed E-state index contributed by atoms with van der Waals surface area (Å²) in [5.41, 5.74) is 6.48. The lowest BCUT2D eigenvalue weighted by Gasteiger charge is -2.26. The first-order valence-electron chi connectivity index (χ1n) is 12.2. The highest BCUT2D eigenvalue weighted by atomic mass is 19.1. The molecule has 5 rings (SSSR count). The number of carbonyl (C=O) groups is 1. The zero-order valence-corrected chi connectivity index (χ0v) is 21.1. The average Bonchev–Trinajstić information content (AvgIpc) is 3.28. The summed E-state index contributed by atoms with van der Waals surface area (Å²) in [6.45, 7) is 1.21. The molecule has 0 saturated carbocycles. The van der Waals surface area contributed by atoms with Crippen LogP contribution in [0.1, 0.15) is 41.4 Å². The number of carbonyl (C=O) groups excluding carboxylic acids is 1. The van der Waals surface area contributed by atoms with Crippen LogP contribution in [0.15, 0.2) is 60.8 Å². The van der Waals surface area contributed by atoms with Crippen LogP contribution in [0.4, 0.5) is 4.39 Å². The van der Waals surface area contributed by atoms with Crippen LogP contribution in [-0.2, 0) is 11.1 Å². The number of aromatic nitrogens is 2. The largest absolute Gasteiger partial charge is 0.494 e. The quantitative estimate of drug-likeness (QED) is 0.301. The molecule has 2 atom stereocenters. The highest BCUT2D eigenvalue weighted by Crippen LogP contribution is 2.44. The van der Waals surface area contributed by atoms with E-state index in [0.717, 1.165) is 5.39 Å². The van der Waals surface area contributed by atoms with Crippen LogP contribution in [0.5, 0.6) is 11.5 Å². The average molecular weight is 518 g/mol. The van der Waals surface area contributed by atoms with Gasteiger partial charge in [0.15, 0.2) is 11.5 Å². The number of ether oxygens (including phenoxy) is 2. The van der Waals surface area contributed by atoms with Crippen molar-refractivity contribution in [1.29, 1.82) is 0 Å². The summed E-state index contributed by atoms with van der Waals surface area (Å²) in [5, 5.41) is 22.2. The van der Waals surface area contributed by atoms with Gasteiger partial charge in [-0.25, -0.2) is 9.37 Å². The molecule has 0 amide bonds. The van der Waals surface area contributed by atoms with Gasteiger partial charge in [-0.1, -0.05) is 6.07 Å². The fourth-order valence-electron chi connectivity index (χ4n) is 4.64. The molecule has 0 bridgehead atoms. The number of aliphatic hydroxyl groups excluding tert-OH is 1. The van der Waals surface area contributed by atoms with E-state index in [9.17, 15) is 19.4 Å². The van der Waals surface area contributed by atoms with E-state index in [2.05, 4.69) is 9.97 Å². The fourth-order valence-corrected chi connectivity index (χ4v) is 4.64. The number of halogens is 1. The number of aliphatic hydroxyl groups is 2. The van der Waals surface area contributed by atoms with Crippen LogP contribution in [0, 0.1) is 5.82 Å². The molecule has 2 unspecified atom stereocenters. The maximum Gasteiger partial charge on any atom is 0.163 e. The summed E-state index contributed by atoms with van der Waals surface area (Å²) >= 11 is 0. The smallest absolute Gasteiger partial charge is 0.163 e. The summed E-state index contributed by atoms with van der Waals surface area (Å²) in [7, 11) is 1.52. The number of benzene rings is 2. The number of rotatable bonds is 8. The van der Waals surface area contributed by atoms with Gasteiger partial charge in [0.1, 0.15) is 40.5 Å². The molecule has 0 radical (unpaired) electrons. The van der Waals surface area contributed by atoms with Gasteiger partial charge in [-0.3, -0.25) is 9.78 Å². The van der Waals surface area contributed by atoms with Crippen molar-refractivity contribution in [3.05, 3.63) is 83.4 Å². The van der Waals surface area contributed by atoms with E-state index in [1.165, 1.54) is 19.2 Å². The minimum atomic E-state index is -1.53. The van der Waals surface area contributed by atoms with Crippen LogP contribution >= 0.6 is 0 Å². The molecule has 3 heterocycles. The van der Waals surface area contributed by atoms with E-state index >= 15 is 0 Å². The Kier molecular flexibility index (Phi) is 6.60. The third-order valence-corrected chi connectivity index (χ3v) is 6.99. The van der Waals surface area contributed by atoms with E-state index in [0.29, 0.717) is 39.4 Å². The molecule has 196 valence electrons. The number of pyridine rings is 2. The van der Waals surface area contributed by atoms with E-state index in [-0.39, 0.29) is 37.5 Å². The van der Waals surface area contributed by atoms with Crippen molar-refractivity contribution >= 4 is 16.7 Å². The second-order valence-electron chi connectivity index (χ2n) is 9.79.